The van der Waals surface area contributed by atoms with Crippen molar-refractivity contribution < 1.29 is 4.79 Å². The Hall–Kier alpha value is -0.680. The number of amides is 1. The molecule has 0 saturated carbocycles. The van der Waals surface area contributed by atoms with E-state index >= 15 is 0 Å². The summed E-state index contributed by atoms with van der Waals surface area (Å²) < 4.78 is 0. The van der Waals surface area contributed by atoms with Gasteiger partial charge in [0.1, 0.15) is 0 Å². The van der Waals surface area contributed by atoms with Crippen molar-refractivity contribution >= 4 is 23.1 Å². The highest BCUT2D eigenvalue weighted by atomic mass is 32.1. The number of carbonyl (C=O) groups is 1. The number of likely N-dealkylation sites (N-methyl/N-ethyl adjacent to an activating group) is 1. The van der Waals surface area contributed by atoms with Gasteiger partial charge in [0, 0.05) is 12.5 Å². The predicted octanol–water partition coefficient (Wildman–Crippen LogP) is -0.142. The Labute approximate surface area is 84.3 Å². The SMILES string of the molecule is CCN(CC(N)=O)C(C)CC(N)=S. The number of thiocarbonyl (C=S) groups is 1. The summed E-state index contributed by atoms with van der Waals surface area (Å²) in [5.74, 6) is -0.323. The molecule has 5 heteroatoms. The van der Waals surface area contributed by atoms with Crippen molar-refractivity contribution in [2.45, 2.75) is 26.3 Å². The maximum Gasteiger partial charge on any atom is 0.231 e. The van der Waals surface area contributed by atoms with Crippen LogP contribution in [0.3, 0.4) is 0 Å². The molecule has 4 nitrogen and oxygen atoms in total. The van der Waals surface area contributed by atoms with Crippen LogP contribution >= 0.6 is 12.2 Å². The number of hydrogen-bond donors (Lipinski definition) is 2. The second-order valence-corrected chi connectivity index (χ2v) is 3.57. The van der Waals surface area contributed by atoms with Crippen molar-refractivity contribution in [3.63, 3.8) is 0 Å². The lowest BCUT2D eigenvalue weighted by Gasteiger charge is -2.25. The van der Waals surface area contributed by atoms with E-state index in [1.165, 1.54) is 0 Å². The molecule has 0 saturated heterocycles. The van der Waals surface area contributed by atoms with Gasteiger partial charge in [-0.3, -0.25) is 9.69 Å². The van der Waals surface area contributed by atoms with Gasteiger partial charge in [0.2, 0.25) is 5.91 Å². The van der Waals surface area contributed by atoms with Crippen LogP contribution in [-0.4, -0.2) is 34.9 Å². The lowest BCUT2D eigenvalue weighted by Crippen LogP contribution is -2.41. The molecular formula is C8H17N3OS. The molecule has 0 aromatic heterocycles. The van der Waals surface area contributed by atoms with Gasteiger partial charge in [-0.1, -0.05) is 19.1 Å². The van der Waals surface area contributed by atoms with Crippen LogP contribution in [0.1, 0.15) is 20.3 Å². The zero-order chi connectivity index (χ0) is 10.4. The molecule has 1 unspecified atom stereocenters. The predicted molar refractivity (Wildman–Crippen MR) is 57.3 cm³/mol. The van der Waals surface area contributed by atoms with E-state index in [1.807, 2.05) is 18.7 Å². The molecule has 76 valence electrons. The van der Waals surface area contributed by atoms with E-state index in [0.29, 0.717) is 11.4 Å². The molecule has 1 amide bonds. The molecule has 4 N–H and O–H groups in total. The van der Waals surface area contributed by atoms with Crippen LogP contribution in [0, 0.1) is 0 Å². The number of nitrogens with two attached hydrogens (primary N) is 2. The van der Waals surface area contributed by atoms with Crippen LogP contribution < -0.4 is 11.5 Å². The minimum absolute atomic E-state index is 0.176. The highest BCUT2D eigenvalue weighted by Gasteiger charge is 2.14. The first-order valence-electron chi connectivity index (χ1n) is 4.28. The molecule has 0 rings (SSSR count). The van der Waals surface area contributed by atoms with E-state index in [0.717, 1.165) is 6.54 Å². The zero-order valence-corrected chi connectivity index (χ0v) is 8.93. The molecule has 0 aromatic carbocycles. The van der Waals surface area contributed by atoms with Gasteiger partial charge >= 0.3 is 0 Å². The van der Waals surface area contributed by atoms with Gasteiger partial charge in [-0.05, 0) is 13.5 Å². The summed E-state index contributed by atoms with van der Waals surface area (Å²) in [5.41, 5.74) is 10.5. The first-order chi connectivity index (χ1) is 5.97. The molecular weight excluding hydrogens is 186 g/mol. The van der Waals surface area contributed by atoms with E-state index < -0.39 is 0 Å². The molecule has 0 aliphatic carbocycles. The summed E-state index contributed by atoms with van der Waals surface area (Å²) in [4.78, 5) is 13.1. The average Bonchev–Trinajstić information content (AvgIpc) is 1.98. The Kier molecular flexibility index (Phi) is 5.57. The second-order valence-electron chi connectivity index (χ2n) is 3.05. The first kappa shape index (κ1) is 12.3. The third-order valence-corrected chi connectivity index (χ3v) is 2.05. The molecule has 0 aliphatic rings. The number of rotatable bonds is 6. The highest BCUT2D eigenvalue weighted by Crippen LogP contribution is 2.02. The zero-order valence-electron chi connectivity index (χ0n) is 8.12. The lowest BCUT2D eigenvalue weighted by atomic mass is 10.2. The second kappa shape index (κ2) is 5.88. The summed E-state index contributed by atoms with van der Waals surface area (Å²) >= 11 is 4.79. The first-order valence-corrected chi connectivity index (χ1v) is 4.68. The number of hydrogen-bond acceptors (Lipinski definition) is 3. The molecule has 0 fully saturated rings. The van der Waals surface area contributed by atoms with Crippen LogP contribution in [-0.2, 0) is 4.79 Å². The van der Waals surface area contributed by atoms with E-state index in [-0.39, 0.29) is 18.5 Å². The highest BCUT2D eigenvalue weighted by molar-refractivity contribution is 7.80. The topological polar surface area (TPSA) is 72.3 Å². The van der Waals surface area contributed by atoms with Crippen LogP contribution in [0.5, 0.6) is 0 Å². The van der Waals surface area contributed by atoms with E-state index in [1.54, 1.807) is 0 Å². The van der Waals surface area contributed by atoms with Crippen LogP contribution in [0.15, 0.2) is 0 Å². The Morgan fingerprint density at radius 2 is 2.08 bits per heavy atom. The minimum atomic E-state index is -0.323. The van der Waals surface area contributed by atoms with Crippen LogP contribution in [0.2, 0.25) is 0 Å². The van der Waals surface area contributed by atoms with Crippen molar-refractivity contribution in [2.75, 3.05) is 13.1 Å². The normalized spacial score (nSPS) is 12.8. The van der Waals surface area contributed by atoms with Gasteiger partial charge < -0.3 is 11.5 Å². The molecule has 0 aromatic rings. The molecule has 1 atom stereocenters. The summed E-state index contributed by atoms with van der Waals surface area (Å²) in [5, 5.41) is 0. The molecule has 0 heterocycles. The van der Waals surface area contributed by atoms with Crippen molar-refractivity contribution in [1.82, 2.24) is 4.90 Å². The standard InChI is InChI=1S/C8H17N3OS/c1-3-11(5-7(9)12)6(2)4-8(10)13/h6H,3-5H2,1-2H3,(H2,9,12)(H2,10,13). The molecule has 13 heavy (non-hydrogen) atoms. The third kappa shape index (κ3) is 5.54. The van der Waals surface area contributed by atoms with Crippen molar-refractivity contribution in [1.29, 1.82) is 0 Å². The van der Waals surface area contributed by atoms with Gasteiger partial charge in [0.15, 0.2) is 0 Å². The Morgan fingerprint density at radius 1 is 1.54 bits per heavy atom. The van der Waals surface area contributed by atoms with E-state index in [4.69, 9.17) is 23.7 Å². The molecule has 0 aliphatic heterocycles. The quantitative estimate of drug-likeness (QED) is 0.589. The Balaban J connectivity index is 4.06. The third-order valence-electron chi connectivity index (χ3n) is 1.89. The number of nitrogens with zero attached hydrogens (tertiary/aromatic N) is 1. The molecule has 0 bridgehead atoms. The molecule has 0 spiro atoms. The van der Waals surface area contributed by atoms with Crippen molar-refractivity contribution in [3.8, 4) is 0 Å². The van der Waals surface area contributed by atoms with E-state index in [2.05, 4.69) is 0 Å². The smallest absolute Gasteiger partial charge is 0.231 e. The Morgan fingerprint density at radius 3 is 2.38 bits per heavy atom. The van der Waals surface area contributed by atoms with Crippen molar-refractivity contribution in [2.24, 2.45) is 11.5 Å². The average molecular weight is 203 g/mol. The monoisotopic (exact) mass is 203 g/mol. The van der Waals surface area contributed by atoms with Gasteiger partial charge in [0.25, 0.3) is 0 Å². The largest absolute Gasteiger partial charge is 0.393 e. The minimum Gasteiger partial charge on any atom is -0.393 e. The maximum atomic E-state index is 10.7. The molecule has 0 radical (unpaired) electrons. The van der Waals surface area contributed by atoms with Gasteiger partial charge in [-0.15, -0.1) is 0 Å². The summed E-state index contributed by atoms with van der Waals surface area (Å²) in [6.45, 7) is 4.98. The summed E-state index contributed by atoms with van der Waals surface area (Å²) in [6, 6.07) is 0.176. The number of carbonyl (C=O) groups excluding carboxylic acids is 1. The van der Waals surface area contributed by atoms with E-state index in [9.17, 15) is 4.79 Å². The van der Waals surface area contributed by atoms with Gasteiger partial charge in [0.05, 0.1) is 11.5 Å². The van der Waals surface area contributed by atoms with Crippen molar-refractivity contribution in [3.05, 3.63) is 0 Å². The fourth-order valence-corrected chi connectivity index (χ4v) is 1.44. The fourth-order valence-electron chi connectivity index (χ4n) is 1.20. The number of primary amides is 1. The van der Waals surface area contributed by atoms with Gasteiger partial charge in [-0.25, -0.2) is 0 Å². The maximum absolute atomic E-state index is 10.7. The van der Waals surface area contributed by atoms with Gasteiger partial charge in [-0.2, -0.15) is 0 Å². The van der Waals surface area contributed by atoms with Crippen LogP contribution in [0.25, 0.3) is 0 Å². The fraction of sp³-hybridized carbons (Fsp3) is 0.750. The summed E-state index contributed by atoms with van der Waals surface area (Å²) in [7, 11) is 0. The van der Waals surface area contributed by atoms with Crippen LogP contribution in [0.4, 0.5) is 0 Å². The lowest BCUT2D eigenvalue weighted by molar-refractivity contribution is -0.119. The Bertz CT molecular complexity index is 196. The summed E-state index contributed by atoms with van der Waals surface area (Å²) in [6.07, 6.45) is 0.621.